The number of alkyl halides is 2. The molecule has 0 aliphatic carbocycles. The average molecular weight is 293 g/mol. The van der Waals surface area contributed by atoms with E-state index in [1.54, 1.807) is 18.2 Å². The molecule has 0 amide bonds. The lowest BCUT2D eigenvalue weighted by molar-refractivity contribution is -0.0498. The SMILES string of the molecule is Cc1ccc(NC(C)c2ccc(OC(F)F)cc2)cc1O. The fourth-order valence-corrected chi connectivity index (χ4v) is 1.97. The number of aromatic hydroxyl groups is 1. The number of hydrogen-bond donors (Lipinski definition) is 2. The molecule has 0 fully saturated rings. The average Bonchev–Trinajstić information content (AvgIpc) is 2.43. The van der Waals surface area contributed by atoms with Crippen molar-refractivity contribution in [3.8, 4) is 11.5 Å². The van der Waals surface area contributed by atoms with E-state index >= 15 is 0 Å². The monoisotopic (exact) mass is 293 g/mol. The molecule has 3 nitrogen and oxygen atoms in total. The highest BCUT2D eigenvalue weighted by Crippen LogP contribution is 2.26. The number of nitrogens with one attached hydrogen (secondary N) is 1. The zero-order chi connectivity index (χ0) is 15.4. The summed E-state index contributed by atoms with van der Waals surface area (Å²) in [5.41, 5.74) is 2.52. The van der Waals surface area contributed by atoms with Crippen LogP contribution in [0.1, 0.15) is 24.1 Å². The molecule has 0 aromatic heterocycles. The van der Waals surface area contributed by atoms with E-state index < -0.39 is 6.61 Å². The number of anilines is 1. The molecule has 0 aliphatic rings. The van der Waals surface area contributed by atoms with Gasteiger partial charge in [-0.3, -0.25) is 0 Å². The minimum atomic E-state index is -2.82. The molecule has 0 bridgehead atoms. The zero-order valence-electron chi connectivity index (χ0n) is 11.8. The molecule has 0 radical (unpaired) electrons. The van der Waals surface area contributed by atoms with E-state index in [9.17, 15) is 13.9 Å². The Morgan fingerprint density at radius 3 is 2.33 bits per heavy atom. The highest BCUT2D eigenvalue weighted by molar-refractivity contribution is 5.52. The summed E-state index contributed by atoms with van der Waals surface area (Å²) in [6, 6.07) is 11.8. The molecule has 0 aliphatic heterocycles. The van der Waals surface area contributed by atoms with Crippen LogP contribution in [-0.2, 0) is 0 Å². The Hall–Kier alpha value is -2.30. The number of ether oxygens (including phenoxy) is 1. The van der Waals surface area contributed by atoms with Crippen LogP contribution in [0.2, 0.25) is 0 Å². The summed E-state index contributed by atoms with van der Waals surface area (Å²) >= 11 is 0. The molecule has 2 aromatic carbocycles. The van der Waals surface area contributed by atoms with Gasteiger partial charge in [-0.25, -0.2) is 0 Å². The lowest BCUT2D eigenvalue weighted by Gasteiger charge is -2.17. The van der Waals surface area contributed by atoms with E-state index in [-0.39, 0.29) is 17.5 Å². The first-order valence-electron chi connectivity index (χ1n) is 6.56. The third-order valence-electron chi connectivity index (χ3n) is 3.20. The minimum Gasteiger partial charge on any atom is -0.508 e. The van der Waals surface area contributed by atoms with Crippen molar-refractivity contribution in [3.05, 3.63) is 53.6 Å². The van der Waals surface area contributed by atoms with Gasteiger partial charge < -0.3 is 15.2 Å². The molecule has 21 heavy (non-hydrogen) atoms. The van der Waals surface area contributed by atoms with E-state index in [4.69, 9.17) is 0 Å². The van der Waals surface area contributed by atoms with Crippen molar-refractivity contribution in [3.63, 3.8) is 0 Å². The Bertz CT molecular complexity index is 600. The number of benzene rings is 2. The maximum atomic E-state index is 12.1. The molecule has 5 heteroatoms. The van der Waals surface area contributed by atoms with Crippen molar-refractivity contribution in [1.82, 2.24) is 0 Å². The third kappa shape index (κ3) is 4.08. The van der Waals surface area contributed by atoms with Crippen molar-refractivity contribution in [2.75, 3.05) is 5.32 Å². The van der Waals surface area contributed by atoms with Crippen LogP contribution in [0.5, 0.6) is 11.5 Å². The zero-order valence-corrected chi connectivity index (χ0v) is 11.8. The number of hydrogen-bond acceptors (Lipinski definition) is 3. The van der Waals surface area contributed by atoms with Crippen molar-refractivity contribution >= 4 is 5.69 Å². The molecule has 0 saturated heterocycles. The molecule has 2 aromatic rings. The highest BCUT2D eigenvalue weighted by atomic mass is 19.3. The summed E-state index contributed by atoms with van der Waals surface area (Å²) in [6.45, 7) is 0.950. The van der Waals surface area contributed by atoms with Crippen LogP contribution < -0.4 is 10.1 Å². The van der Waals surface area contributed by atoms with Gasteiger partial charge in [0.15, 0.2) is 0 Å². The van der Waals surface area contributed by atoms with E-state index in [0.717, 1.165) is 16.8 Å². The van der Waals surface area contributed by atoms with Crippen LogP contribution in [0.3, 0.4) is 0 Å². The van der Waals surface area contributed by atoms with Gasteiger partial charge in [-0.1, -0.05) is 18.2 Å². The molecule has 0 saturated carbocycles. The smallest absolute Gasteiger partial charge is 0.387 e. The van der Waals surface area contributed by atoms with Gasteiger partial charge in [0, 0.05) is 17.8 Å². The summed E-state index contributed by atoms with van der Waals surface area (Å²) < 4.78 is 28.5. The number of phenolic OH excluding ortho intramolecular Hbond substituents is 1. The number of aryl methyl sites for hydroxylation is 1. The minimum absolute atomic E-state index is 0.0345. The summed E-state index contributed by atoms with van der Waals surface area (Å²) in [4.78, 5) is 0. The van der Waals surface area contributed by atoms with Crippen molar-refractivity contribution in [1.29, 1.82) is 0 Å². The fourth-order valence-electron chi connectivity index (χ4n) is 1.97. The van der Waals surface area contributed by atoms with Crippen molar-refractivity contribution < 1.29 is 18.6 Å². The van der Waals surface area contributed by atoms with Gasteiger partial charge in [0.25, 0.3) is 0 Å². The Morgan fingerprint density at radius 1 is 1.10 bits per heavy atom. The maximum absolute atomic E-state index is 12.1. The normalized spacial score (nSPS) is 12.2. The van der Waals surface area contributed by atoms with E-state index in [1.165, 1.54) is 12.1 Å². The highest BCUT2D eigenvalue weighted by Gasteiger charge is 2.08. The molecule has 0 spiro atoms. The van der Waals surface area contributed by atoms with Gasteiger partial charge in [-0.05, 0) is 43.2 Å². The van der Waals surface area contributed by atoms with Gasteiger partial charge in [0.2, 0.25) is 0 Å². The van der Waals surface area contributed by atoms with E-state index in [1.807, 2.05) is 26.0 Å². The van der Waals surface area contributed by atoms with Crippen LogP contribution >= 0.6 is 0 Å². The number of phenols is 1. The standard InChI is InChI=1S/C16H17F2NO2/c1-10-3-6-13(9-15(10)20)19-11(2)12-4-7-14(8-5-12)21-16(17)18/h3-9,11,16,19-20H,1-2H3. The second-order valence-corrected chi connectivity index (χ2v) is 4.81. The summed E-state index contributed by atoms with van der Waals surface area (Å²) in [5.74, 6) is 0.363. The van der Waals surface area contributed by atoms with Gasteiger partial charge in [-0.2, -0.15) is 8.78 Å². The topological polar surface area (TPSA) is 41.5 Å². The molecular formula is C16H17F2NO2. The van der Waals surface area contributed by atoms with Gasteiger partial charge in [0.05, 0.1) is 0 Å². The first-order chi connectivity index (χ1) is 9.95. The summed E-state index contributed by atoms with van der Waals surface area (Å²) in [7, 11) is 0. The second-order valence-electron chi connectivity index (χ2n) is 4.81. The van der Waals surface area contributed by atoms with E-state index in [2.05, 4.69) is 10.1 Å². The van der Waals surface area contributed by atoms with Crippen molar-refractivity contribution in [2.45, 2.75) is 26.5 Å². The fraction of sp³-hybridized carbons (Fsp3) is 0.250. The lowest BCUT2D eigenvalue weighted by atomic mass is 10.1. The first kappa shape index (κ1) is 15.1. The predicted octanol–water partition coefficient (Wildman–Crippen LogP) is 4.48. The molecule has 1 unspecified atom stereocenters. The van der Waals surface area contributed by atoms with Crippen LogP contribution in [0.4, 0.5) is 14.5 Å². The van der Waals surface area contributed by atoms with Crippen LogP contribution in [-0.4, -0.2) is 11.7 Å². The Kier molecular flexibility index (Phi) is 4.62. The molecule has 2 N–H and O–H groups in total. The quantitative estimate of drug-likeness (QED) is 0.854. The van der Waals surface area contributed by atoms with Crippen LogP contribution in [0, 0.1) is 6.92 Å². The maximum Gasteiger partial charge on any atom is 0.387 e. The molecule has 1 atom stereocenters. The molecule has 2 rings (SSSR count). The van der Waals surface area contributed by atoms with Crippen LogP contribution in [0.15, 0.2) is 42.5 Å². The second kappa shape index (κ2) is 6.43. The van der Waals surface area contributed by atoms with Crippen molar-refractivity contribution in [2.24, 2.45) is 0 Å². The predicted molar refractivity (Wildman–Crippen MR) is 78.0 cm³/mol. The van der Waals surface area contributed by atoms with Gasteiger partial charge in [0.1, 0.15) is 11.5 Å². The lowest BCUT2D eigenvalue weighted by Crippen LogP contribution is -2.07. The summed E-state index contributed by atoms with van der Waals surface area (Å²) in [5, 5.41) is 12.9. The number of halogens is 2. The molecule has 112 valence electrons. The van der Waals surface area contributed by atoms with Gasteiger partial charge in [-0.15, -0.1) is 0 Å². The number of rotatable bonds is 5. The Balaban J connectivity index is 2.05. The third-order valence-corrected chi connectivity index (χ3v) is 3.20. The Morgan fingerprint density at radius 2 is 1.76 bits per heavy atom. The molecule has 0 heterocycles. The van der Waals surface area contributed by atoms with E-state index in [0.29, 0.717) is 0 Å². The van der Waals surface area contributed by atoms with Crippen LogP contribution in [0.25, 0.3) is 0 Å². The Labute approximate surface area is 122 Å². The summed E-state index contributed by atoms with van der Waals surface area (Å²) in [6.07, 6.45) is 0. The molecular weight excluding hydrogens is 276 g/mol. The first-order valence-corrected chi connectivity index (χ1v) is 6.56. The largest absolute Gasteiger partial charge is 0.508 e. The van der Waals surface area contributed by atoms with Gasteiger partial charge >= 0.3 is 6.61 Å².